The van der Waals surface area contributed by atoms with Gasteiger partial charge in [-0.25, -0.2) is 4.98 Å². The normalized spacial score (nSPS) is 15.4. The Kier molecular flexibility index (Phi) is 5.79. The third-order valence-electron chi connectivity index (χ3n) is 4.29. The highest BCUT2D eigenvalue weighted by molar-refractivity contribution is 7.16. The van der Waals surface area contributed by atoms with Crippen molar-refractivity contribution in [3.63, 3.8) is 0 Å². The van der Waals surface area contributed by atoms with E-state index >= 15 is 0 Å². The third-order valence-corrected chi connectivity index (χ3v) is 5.17. The van der Waals surface area contributed by atoms with Crippen LogP contribution in [0.2, 0.25) is 0 Å². The molecule has 1 saturated heterocycles. The van der Waals surface area contributed by atoms with Crippen LogP contribution in [0, 0.1) is 25.7 Å². The smallest absolute Gasteiger partial charge is 0.229 e. The summed E-state index contributed by atoms with van der Waals surface area (Å²) in [4.78, 5) is 18.0. The maximum Gasteiger partial charge on any atom is 0.229 e. The highest BCUT2D eigenvalue weighted by Gasteiger charge is 2.29. The van der Waals surface area contributed by atoms with Gasteiger partial charge in [-0.3, -0.25) is 4.79 Å². The van der Waals surface area contributed by atoms with Gasteiger partial charge >= 0.3 is 0 Å². The lowest BCUT2D eigenvalue weighted by Gasteiger charge is -2.31. The minimum atomic E-state index is 0. The fraction of sp³-hybridized carbons (Fsp3) is 0.412. The van der Waals surface area contributed by atoms with E-state index in [1.165, 1.54) is 16.9 Å². The lowest BCUT2D eigenvalue weighted by atomic mass is 9.88. The van der Waals surface area contributed by atoms with Crippen LogP contribution >= 0.6 is 23.7 Å². The molecular weight excluding hydrogens is 330 g/mol. The van der Waals surface area contributed by atoms with Crippen molar-refractivity contribution in [1.82, 2.24) is 10.3 Å². The number of rotatable bonds is 4. The first-order chi connectivity index (χ1) is 10.5. The highest BCUT2D eigenvalue weighted by atomic mass is 35.5. The molecule has 2 N–H and O–H groups in total. The number of benzene rings is 1. The first kappa shape index (κ1) is 17.9. The van der Waals surface area contributed by atoms with E-state index in [9.17, 15) is 4.79 Å². The largest absolute Gasteiger partial charge is 0.316 e. The second-order valence-corrected chi connectivity index (χ2v) is 7.19. The molecule has 0 spiro atoms. The summed E-state index contributed by atoms with van der Waals surface area (Å²) in [7, 11) is 0. The van der Waals surface area contributed by atoms with Gasteiger partial charge in [0.2, 0.25) is 5.91 Å². The van der Waals surface area contributed by atoms with Crippen LogP contribution in [0.5, 0.6) is 0 Å². The minimum Gasteiger partial charge on any atom is -0.316 e. The van der Waals surface area contributed by atoms with Gasteiger partial charge in [-0.1, -0.05) is 36.8 Å². The van der Waals surface area contributed by atoms with Crippen LogP contribution in [0.4, 0.5) is 5.13 Å². The molecule has 2 aromatic rings. The lowest BCUT2D eigenvalue weighted by Crippen LogP contribution is -2.48. The van der Waals surface area contributed by atoms with Crippen LogP contribution in [0.3, 0.4) is 0 Å². The second-order valence-electron chi connectivity index (χ2n) is 5.99. The van der Waals surface area contributed by atoms with Crippen molar-refractivity contribution in [2.75, 3.05) is 18.4 Å². The molecular formula is C17H22ClN3OS. The average Bonchev–Trinajstić information content (AvgIpc) is 2.78. The minimum absolute atomic E-state index is 0. The molecule has 2 heterocycles. The van der Waals surface area contributed by atoms with Crippen molar-refractivity contribution in [3.05, 3.63) is 34.7 Å². The molecule has 23 heavy (non-hydrogen) atoms. The Balaban J connectivity index is 0.00000192. The van der Waals surface area contributed by atoms with Crippen LogP contribution in [-0.2, 0) is 4.79 Å². The number of nitrogens with one attached hydrogen (secondary N) is 2. The number of aryl methyl sites for hydroxylation is 2. The Hall–Kier alpha value is -1.43. The number of carbonyl (C=O) groups is 1. The summed E-state index contributed by atoms with van der Waals surface area (Å²) < 4.78 is 0. The molecule has 0 saturated carbocycles. The molecule has 1 aromatic heterocycles. The van der Waals surface area contributed by atoms with Gasteiger partial charge in [-0.2, -0.15) is 0 Å². The van der Waals surface area contributed by atoms with Crippen LogP contribution in [0.15, 0.2) is 24.3 Å². The van der Waals surface area contributed by atoms with Gasteiger partial charge in [0, 0.05) is 16.4 Å². The summed E-state index contributed by atoms with van der Waals surface area (Å²) in [6, 6.07) is 8.31. The number of anilines is 1. The number of aromatic nitrogens is 1. The highest BCUT2D eigenvalue weighted by Crippen LogP contribution is 2.31. The Bertz CT molecular complexity index is 680. The fourth-order valence-electron chi connectivity index (χ4n) is 2.53. The van der Waals surface area contributed by atoms with E-state index in [4.69, 9.17) is 0 Å². The first-order valence-electron chi connectivity index (χ1n) is 7.60. The summed E-state index contributed by atoms with van der Waals surface area (Å²) in [5.74, 6) is 0.529. The summed E-state index contributed by atoms with van der Waals surface area (Å²) in [5, 5.41) is 6.87. The summed E-state index contributed by atoms with van der Waals surface area (Å²) in [5.41, 5.74) is 3.28. The van der Waals surface area contributed by atoms with Gasteiger partial charge in [-0.15, -0.1) is 23.7 Å². The molecule has 1 aromatic carbocycles. The molecule has 1 aliphatic rings. The van der Waals surface area contributed by atoms with Gasteiger partial charge in [0.05, 0.1) is 5.69 Å². The number of hydrogen-bond donors (Lipinski definition) is 2. The van der Waals surface area contributed by atoms with Crippen molar-refractivity contribution in [3.8, 4) is 11.3 Å². The number of thiazole rings is 1. The van der Waals surface area contributed by atoms with E-state index in [0.29, 0.717) is 11.0 Å². The topological polar surface area (TPSA) is 54.0 Å². The SMILES string of the molecule is Cc1ccc(-c2nc(NC(=O)C(C)C3CNC3)sc2C)cc1.Cl. The van der Waals surface area contributed by atoms with E-state index in [0.717, 1.165) is 29.2 Å². The third kappa shape index (κ3) is 3.91. The number of amides is 1. The molecule has 0 bridgehead atoms. The number of carbonyl (C=O) groups excluding carboxylic acids is 1. The molecule has 6 heteroatoms. The second kappa shape index (κ2) is 7.43. The van der Waals surface area contributed by atoms with Crippen LogP contribution in [0.1, 0.15) is 17.4 Å². The average molecular weight is 352 g/mol. The Morgan fingerprint density at radius 2 is 1.96 bits per heavy atom. The number of halogens is 1. The zero-order valence-electron chi connectivity index (χ0n) is 13.6. The molecule has 3 rings (SSSR count). The van der Waals surface area contributed by atoms with Crippen molar-refractivity contribution in [1.29, 1.82) is 0 Å². The van der Waals surface area contributed by atoms with E-state index in [-0.39, 0.29) is 24.2 Å². The van der Waals surface area contributed by atoms with Crippen molar-refractivity contribution in [2.24, 2.45) is 11.8 Å². The quantitative estimate of drug-likeness (QED) is 0.884. The van der Waals surface area contributed by atoms with Crippen molar-refractivity contribution < 1.29 is 4.79 Å². The Morgan fingerprint density at radius 1 is 1.30 bits per heavy atom. The molecule has 1 amide bonds. The van der Waals surface area contributed by atoms with E-state index in [1.54, 1.807) is 0 Å². The summed E-state index contributed by atoms with van der Waals surface area (Å²) >= 11 is 1.54. The van der Waals surface area contributed by atoms with Gasteiger partial charge in [-0.05, 0) is 32.9 Å². The Morgan fingerprint density at radius 3 is 2.52 bits per heavy atom. The zero-order chi connectivity index (χ0) is 15.7. The summed E-state index contributed by atoms with van der Waals surface area (Å²) in [6.45, 7) is 7.96. The maximum absolute atomic E-state index is 12.3. The molecule has 1 unspecified atom stereocenters. The Labute approximate surface area is 147 Å². The lowest BCUT2D eigenvalue weighted by molar-refractivity contribution is -0.121. The molecule has 124 valence electrons. The number of nitrogens with zero attached hydrogens (tertiary/aromatic N) is 1. The molecule has 1 atom stereocenters. The number of hydrogen-bond acceptors (Lipinski definition) is 4. The molecule has 4 nitrogen and oxygen atoms in total. The fourth-order valence-corrected chi connectivity index (χ4v) is 3.37. The molecule has 1 aliphatic heterocycles. The predicted molar refractivity (Wildman–Crippen MR) is 98.4 cm³/mol. The monoisotopic (exact) mass is 351 g/mol. The summed E-state index contributed by atoms with van der Waals surface area (Å²) in [6.07, 6.45) is 0. The molecule has 0 aliphatic carbocycles. The van der Waals surface area contributed by atoms with Gasteiger partial charge in [0.25, 0.3) is 0 Å². The van der Waals surface area contributed by atoms with Crippen LogP contribution in [0.25, 0.3) is 11.3 Å². The van der Waals surface area contributed by atoms with Gasteiger partial charge < -0.3 is 10.6 Å². The van der Waals surface area contributed by atoms with Crippen LogP contribution in [-0.4, -0.2) is 24.0 Å². The molecule has 1 fully saturated rings. The maximum atomic E-state index is 12.3. The van der Waals surface area contributed by atoms with E-state index in [1.807, 2.05) is 13.8 Å². The standard InChI is InChI=1S/C17H21N3OS.ClH/c1-10-4-6-13(7-5-10)15-12(3)22-17(19-15)20-16(21)11(2)14-8-18-9-14;/h4-7,11,14,18H,8-9H2,1-3H3,(H,19,20,21);1H. The van der Waals surface area contributed by atoms with Crippen LogP contribution < -0.4 is 10.6 Å². The van der Waals surface area contributed by atoms with E-state index < -0.39 is 0 Å². The van der Waals surface area contributed by atoms with Crippen molar-refractivity contribution >= 4 is 34.8 Å². The van der Waals surface area contributed by atoms with Crippen molar-refractivity contribution in [2.45, 2.75) is 20.8 Å². The predicted octanol–water partition coefficient (Wildman–Crippen LogP) is 3.64. The van der Waals surface area contributed by atoms with E-state index in [2.05, 4.69) is 46.8 Å². The first-order valence-corrected chi connectivity index (χ1v) is 8.42. The zero-order valence-corrected chi connectivity index (χ0v) is 15.2. The van der Waals surface area contributed by atoms with Gasteiger partial charge in [0.1, 0.15) is 0 Å². The molecule has 0 radical (unpaired) electrons. The van der Waals surface area contributed by atoms with Gasteiger partial charge in [0.15, 0.2) is 5.13 Å².